The average molecular weight is 298 g/mol. The third kappa shape index (κ3) is 2.94. The second-order valence-electron chi connectivity index (χ2n) is 5.13. The number of nitrogens with one attached hydrogen (secondary N) is 2. The lowest BCUT2D eigenvalue weighted by Gasteiger charge is -2.27. The molecule has 0 saturated heterocycles. The van der Waals surface area contributed by atoms with Crippen LogP contribution in [0.1, 0.15) is 22.4 Å². The summed E-state index contributed by atoms with van der Waals surface area (Å²) >= 11 is 4.99. The molecule has 0 unspecified atom stereocenters. The number of aromatic amines is 2. The lowest BCUT2D eigenvalue weighted by molar-refractivity contribution is 0.241. The molecule has 0 fully saturated rings. The molecule has 3 rings (SSSR count). The van der Waals surface area contributed by atoms with E-state index in [2.05, 4.69) is 20.9 Å². The standard InChI is InChI=1S/C15H14N4OS/c16-7-10-1-3-11(4-2-10)8-19-6-5-13-12(9-19)14(20)18-15(21)17-13/h1-4H,5-6,8-9H2,(H2,17,18,20,21). The fourth-order valence-corrected chi connectivity index (χ4v) is 2.81. The van der Waals surface area contributed by atoms with E-state index in [0.29, 0.717) is 16.9 Å². The van der Waals surface area contributed by atoms with Gasteiger partial charge in [-0.05, 0) is 29.9 Å². The highest BCUT2D eigenvalue weighted by Gasteiger charge is 2.19. The van der Waals surface area contributed by atoms with Crippen molar-refractivity contribution in [3.8, 4) is 6.07 Å². The number of benzene rings is 1. The molecule has 0 amide bonds. The Morgan fingerprint density at radius 3 is 2.76 bits per heavy atom. The maximum absolute atomic E-state index is 12.0. The van der Waals surface area contributed by atoms with Gasteiger partial charge < -0.3 is 4.98 Å². The van der Waals surface area contributed by atoms with Gasteiger partial charge in [0.25, 0.3) is 5.56 Å². The lowest BCUT2D eigenvalue weighted by Crippen LogP contribution is -2.35. The summed E-state index contributed by atoms with van der Waals surface area (Å²) in [7, 11) is 0. The number of H-pyrrole nitrogens is 2. The second kappa shape index (κ2) is 5.64. The molecule has 0 saturated carbocycles. The Balaban J connectivity index is 1.78. The first-order chi connectivity index (χ1) is 10.2. The molecule has 106 valence electrons. The minimum absolute atomic E-state index is 0.0988. The van der Waals surface area contributed by atoms with Crippen LogP contribution in [0.25, 0.3) is 0 Å². The van der Waals surface area contributed by atoms with E-state index in [1.54, 1.807) is 0 Å². The zero-order valence-electron chi connectivity index (χ0n) is 11.3. The first-order valence-corrected chi connectivity index (χ1v) is 7.12. The van der Waals surface area contributed by atoms with Crippen LogP contribution in [0.3, 0.4) is 0 Å². The first-order valence-electron chi connectivity index (χ1n) is 6.71. The van der Waals surface area contributed by atoms with Crippen LogP contribution in [-0.2, 0) is 19.5 Å². The highest BCUT2D eigenvalue weighted by molar-refractivity contribution is 7.71. The van der Waals surface area contributed by atoms with Crippen LogP contribution >= 0.6 is 12.2 Å². The minimum Gasteiger partial charge on any atom is -0.335 e. The molecule has 0 bridgehead atoms. The molecule has 2 N–H and O–H groups in total. The van der Waals surface area contributed by atoms with Gasteiger partial charge in [-0.1, -0.05) is 12.1 Å². The summed E-state index contributed by atoms with van der Waals surface area (Å²) in [6.07, 6.45) is 0.791. The van der Waals surface area contributed by atoms with Crippen molar-refractivity contribution in [2.45, 2.75) is 19.5 Å². The van der Waals surface area contributed by atoms with E-state index in [0.717, 1.165) is 36.3 Å². The largest absolute Gasteiger partial charge is 0.335 e. The predicted molar refractivity (Wildman–Crippen MR) is 81.2 cm³/mol. The minimum atomic E-state index is -0.0988. The lowest BCUT2D eigenvalue weighted by atomic mass is 10.1. The molecule has 1 aliphatic heterocycles. The monoisotopic (exact) mass is 298 g/mol. The summed E-state index contributed by atoms with van der Waals surface area (Å²) < 4.78 is 0.388. The van der Waals surface area contributed by atoms with Gasteiger partial charge in [-0.15, -0.1) is 0 Å². The van der Waals surface area contributed by atoms with Crippen LogP contribution in [0.5, 0.6) is 0 Å². The number of rotatable bonds is 2. The van der Waals surface area contributed by atoms with E-state index in [1.165, 1.54) is 0 Å². The molecule has 6 heteroatoms. The van der Waals surface area contributed by atoms with Crippen LogP contribution < -0.4 is 5.56 Å². The molecule has 2 heterocycles. The van der Waals surface area contributed by atoms with Crippen LogP contribution in [0.2, 0.25) is 0 Å². The highest BCUT2D eigenvalue weighted by Crippen LogP contribution is 2.16. The van der Waals surface area contributed by atoms with E-state index in [-0.39, 0.29) is 5.56 Å². The van der Waals surface area contributed by atoms with E-state index < -0.39 is 0 Å². The van der Waals surface area contributed by atoms with Crippen molar-refractivity contribution in [3.05, 3.63) is 61.8 Å². The van der Waals surface area contributed by atoms with Crippen molar-refractivity contribution < 1.29 is 0 Å². The number of nitriles is 1. The van der Waals surface area contributed by atoms with E-state index in [1.807, 2.05) is 24.3 Å². The van der Waals surface area contributed by atoms with Crippen molar-refractivity contribution >= 4 is 12.2 Å². The molecule has 0 spiro atoms. The summed E-state index contributed by atoms with van der Waals surface area (Å²) in [6.45, 7) is 2.25. The van der Waals surface area contributed by atoms with Gasteiger partial charge in [0, 0.05) is 31.7 Å². The van der Waals surface area contributed by atoms with Gasteiger partial charge in [0.15, 0.2) is 4.77 Å². The van der Waals surface area contributed by atoms with Gasteiger partial charge in [0.05, 0.1) is 17.2 Å². The number of nitrogens with zero attached hydrogens (tertiary/aromatic N) is 2. The second-order valence-corrected chi connectivity index (χ2v) is 5.54. The average Bonchev–Trinajstić information content (AvgIpc) is 2.48. The number of aromatic nitrogens is 2. The Bertz CT molecular complexity index is 813. The molecule has 5 nitrogen and oxygen atoms in total. The van der Waals surface area contributed by atoms with Crippen LogP contribution in [0.15, 0.2) is 29.1 Å². The van der Waals surface area contributed by atoms with E-state index in [9.17, 15) is 4.79 Å². The van der Waals surface area contributed by atoms with Crippen molar-refractivity contribution in [1.29, 1.82) is 5.26 Å². The quantitative estimate of drug-likeness (QED) is 0.830. The van der Waals surface area contributed by atoms with E-state index >= 15 is 0 Å². The van der Waals surface area contributed by atoms with Crippen LogP contribution in [-0.4, -0.2) is 21.4 Å². The predicted octanol–water partition coefficient (Wildman–Crippen LogP) is 1.86. The molecule has 1 aromatic carbocycles. The van der Waals surface area contributed by atoms with Gasteiger partial charge in [0.1, 0.15) is 0 Å². The highest BCUT2D eigenvalue weighted by atomic mass is 32.1. The third-order valence-electron chi connectivity index (χ3n) is 3.68. The Kier molecular flexibility index (Phi) is 3.69. The molecule has 0 atom stereocenters. The maximum atomic E-state index is 12.0. The fraction of sp³-hybridized carbons (Fsp3) is 0.267. The van der Waals surface area contributed by atoms with Crippen molar-refractivity contribution in [2.75, 3.05) is 6.54 Å². The van der Waals surface area contributed by atoms with Gasteiger partial charge in [-0.2, -0.15) is 5.26 Å². The van der Waals surface area contributed by atoms with Gasteiger partial charge in [-0.3, -0.25) is 14.7 Å². The van der Waals surface area contributed by atoms with Gasteiger partial charge >= 0.3 is 0 Å². The summed E-state index contributed by atoms with van der Waals surface area (Å²) in [4.78, 5) is 19.9. The summed E-state index contributed by atoms with van der Waals surface area (Å²) in [5.74, 6) is 0. The zero-order chi connectivity index (χ0) is 14.8. The Labute approximate surface area is 126 Å². The number of fused-ring (bicyclic) bond motifs is 1. The van der Waals surface area contributed by atoms with Gasteiger partial charge in [-0.25, -0.2) is 0 Å². The van der Waals surface area contributed by atoms with Crippen LogP contribution in [0.4, 0.5) is 0 Å². The summed E-state index contributed by atoms with van der Waals surface area (Å²) in [5, 5.41) is 8.80. The van der Waals surface area contributed by atoms with Crippen molar-refractivity contribution in [2.24, 2.45) is 0 Å². The SMILES string of the molecule is N#Cc1ccc(CN2CCc3[nH]c(=S)[nH]c(=O)c3C2)cc1. The fourth-order valence-electron chi connectivity index (χ4n) is 2.59. The molecule has 1 aromatic heterocycles. The Morgan fingerprint density at radius 1 is 1.29 bits per heavy atom. The normalized spacial score (nSPS) is 14.4. The topological polar surface area (TPSA) is 75.7 Å². The third-order valence-corrected chi connectivity index (χ3v) is 3.88. The summed E-state index contributed by atoms with van der Waals surface area (Å²) in [6, 6.07) is 9.65. The number of hydrogen-bond donors (Lipinski definition) is 2. The molecular formula is C15H14N4OS. The molecule has 2 aromatic rings. The van der Waals surface area contributed by atoms with Gasteiger partial charge in [0.2, 0.25) is 0 Å². The molecule has 1 aliphatic rings. The van der Waals surface area contributed by atoms with Crippen molar-refractivity contribution in [3.63, 3.8) is 0 Å². The summed E-state index contributed by atoms with van der Waals surface area (Å²) in [5.41, 5.74) is 3.41. The molecule has 0 radical (unpaired) electrons. The van der Waals surface area contributed by atoms with Crippen molar-refractivity contribution in [1.82, 2.24) is 14.9 Å². The Morgan fingerprint density at radius 2 is 2.05 bits per heavy atom. The number of hydrogen-bond acceptors (Lipinski definition) is 4. The van der Waals surface area contributed by atoms with Crippen LogP contribution in [0, 0.1) is 16.1 Å². The molecular weight excluding hydrogens is 284 g/mol. The molecule has 0 aliphatic carbocycles. The molecule has 21 heavy (non-hydrogen) atoms. The Hall–Kier alpha value is -2.23. The zero-order valence-corrected chi connectivity index (χ0v) is 12.2. The maximum Gasteiger partial charge on any atom is 0.256 e. The smallest absolute Gasteiger partial charge is 0.256 e. The van der Waals surface area contributed by atoms with E-state index in [4.69, 9.17) is 17.5 Å². The first kappa shape index (κ1) is 13.7.